The second-order valence-electron chi connectivity index (χ2n) is 29.2. The molecule has 0 saturated carbocycles. The Morgan fingerprint density at radius 3 is 1.30 bits per heavy atom. The van der Waals surface area contributed by atoms with Crippen molar-refractivity contribution < 1.29 is 99.2 Å². The Hall–Kier alpha value is -7.81. The Kier molecular flexibility index (Phi) is 60.8. The van der Waals surface area contributed by atoms with E-state index in [9.17, 15) is 33.3 Å². The lowest BCUT2D eigenvalue weighted by atomic mass is 9.90. The molecule has 0 spiro atoms. The Morgan fingerprint density at radius 1 is 0.585 bits per heavy atom. The number of halogens is 6. The van der Waals surface area contributed by atoms with Gasteiger partial charge in [0.25, 0.3) is 17.5 Å². The minimum Gasteiger partial charge on any atom is -0.491 e. The van der Waals surface area contributed by atoms with Crippen LogP contribution in [0, 0.1) is 5.41 Å². The molecule has 123 heavy (non-hydrogen) atoms. The molecule has 5 rings (SSSR count). The first kappa shape index (κ1) is 121. The fourth-order valence-electron chi connectivity index (χ4n) is 8.28. The molecular weight excluding hydrogens is 1790 g/mol. The number of rotatable bonds is 32. The minimum absolute atomic E-state index is 0.000640. The van der Waals surface area contributed by atoms with E-state index in [4.69, 9.17) is 121 Å². The van der Waals surface area contributed by atoms with Crippen LogP contribution in [0.4, 0.5) is 29.6 Å². The number of nitrogens with zero attached hydrogens (tertiary/aromatic N) is 7. The first-order valence-corrected chi connectivity index (χ1v) is 49.5. The smallest absolute Gasteiger partial charge is 0.487 e. The summed E-state index contributed by atoms with van der Waals surface area (Å²) in [7, 11) is 5.33. The summed E-state index contributed by atoms with van der Waals surface area (Å²) in [5, 5.41) is 16.0. The zero-order valence-corrected chi connectivity index (χ0v) is 82.8. The summed E-state index contributed by atoms with van der Waals surface area (Å²) < 4.78 is 80.7. The summed E-state index contributed by atoms with van der Waals surface area (Å²) in [6.45, 7) is 42.6. The molecule has 0 aromatic carbocycles. The van der Waals surface area contributed by atoms with Crippen LogP contribution >= 0.6 is 73.7 Å². The van der Waals surface area contributed by atoms with Gasteiger partial charge in [0.2, 0.25) is 29.5 Å². The van der Waals surface area contributed by atoms with E-state index in [1.54, 1.807) is 33.9 Å². The predicted octanol–water partition coefficient (Wildman–Crippen LogP) is 13.4. The number of methoxy groups -OCH3 is 7. The summed E-state index contributed by atoms with van der Waals surface area (Å²) >= 11 is 30.8. The lowest BCUT2D eigenvalue weighted by Crippen LogP contribution is -2.41. The standard InChI is InChI=1S/C23H42N4O4Si.C13H31NOSi.C11H19BO4.C10H12ClN3O3.C6H10O5.C5H5Cl2N3O.C5H7N3O3.CH5N3.Cl3OP/c1-9-11-12-17(15-16-31-32(7,8)23(3,4)5)25-21-20(29-6)18(26-22(24)27-21)13-14-19(28)30-10-2;1-7-8-9-12(14)10-11-15-16(5,6)13(2,3)4;1-6-14-9(13)7-8-12-15-10(2,3)11(4,5)16-12;1-3-17-7(15)5-4-6-8(16-2)9(11)14-10(12)13-6;1-9-4(5(7)10-2)6(8)11-3;1-11-2-3(6)9-5(8)10-4(2)7;1-11-2-3(9)7-5(6)8-4(2)10;2-1(3)4;1-5(2,3)4/h13-14,17H,9-12,15-16H2,1-8H3,(H3,24,25,26,27);12H,7-11,14H2,1-6H3;7-8H,6H2,1-5H3;4-5H,3H2,1-2H3,(H2,12,13,14);4H,1-3H3;1H3,(H2,8,9,10);1H3,(H4,6,7,8,9,10);(H5,2,3,4);/b14-13+;;8-7+;5-4+;;;;;/t17-;12-;;;;;;;/m00......./s1. The average molecular weight is 1920 g/mol. The molecule has 39 nitrogen and oxygen atoms in total. The van der Waals surface area contributed by atoms with E-state index in [0.29, 0.717) is 60.5 Å². The summed E-state index contributed by atoms with van der Waals surface area (Å²) in [6, 6.07) is 0.467. The zero-order valence-electron chi connectivity index (χ0n) is 75.4. The first-order chi connectivity index (χ1) is 56.7. The molecule has 0 bridgehead atoms. The van der Waals surface area contributed by atoms with Gasteiger partial charge >= 0.3 is 42.2 Å². The topological polar surface area (TPSA) is 593 Å². The zero-order chi connectivity index (χ0) is 96.2. The van der Waals surface area contributed by atoms with Crippen molar-refractivity contribution in [3.05, 3.63) is 61.4 Å². The number of nitrogens with two attached hydrogens (primary N) is 7. The van der Waals surface area contributed by atoms with E-state index in [1.165, 1.54) is 71.7 Å². The number of esters is 5. The molecular formula is C74H131BCl6N17O22PSi2. The largest absolute Gasteiger partial charge is 0.491 e. The molecule has 18 N–H and O–H groups in total. The van der Waals surface area contributed by atoms with Crippen molar-refractivity contribution in [3.63, 3.8) is 0 Å². The molecule has 1 aliphatic heterocycles. The minimum atomic E-state index is -3.22. The van der Waals surface area contributed by atoms with Gasteiger partial charge in [0.15, 0.2) is 61.1 Å². The number of ether oxygens (including phenoxy) is 10. The van der Waals surface area contributed by atoms with Crippen LogP contribution in [-0.4, -0.2) is 217 Å². The Bertz CT molecular complexity index is 3990. The van der Waals surface area contributed by atoms with Crippen molar-refractivity contribution in [3.8, 4) is 28.9 Å². The third-order valence-corrected chi connectivity index (χ3v) is 27.1. The number of aromatic amines is 1. The first-order valence-electron chi connectivity index (χ1n) is 38.1. The SMILES string of the molecule is CCCC[C@@H](CCO[Si](C)(C)C(C)(C)C)Nc1nc(N)nc(/C=C/C(=O)OCC)c1OC.CCCC[C@H](N)CCO[Si](C)(C)C(C)(C)C.CCOC(=O)/C=C/B1OC(C)(C)C(C)(C)O1.CCOC(=O)/C=C/c1nc(N)nc(Cl)c1OC.COC(=O)C(OC)C(=O)OC.COc1c(Cl)nc(N)nc1Cl.COc1c(O)nc(N)[nH]c1=O.N=C(N)N.O=P(Cl)(Cl)Cl. The molecule has 0 radical (unpaired) electrons. The highest BCUT2D eigenvalue weighted by molar-refractivity contribution is 8.24. The predicted molar refractivity (Wildman–Crippen MR) is 491 cm³/mol. The van der Waals surface area contributed by atoms with Gasteiger partial charge < -0.3 is 116 Å². The molecule has 1 saturated heterocycles. The lowest BCUT2D eigenvalue weighted by Gasteiger charge is -2.36. The Labute approximate surface area is 754 Å². The molecule has 4 aromatic heterocycles. The van der Waals surface area contributed by atoms with Gasteiger partial charge in [0, 0.05) is 50.6 Å². The molecule has 4 aromatic rings. The number of guanidine groups is 1. The summed E-state index contributed by atoms with van der Waals surface area (Å²) in [6.07, 6.45) is 14.1. The molecule has 5 heterocycles. The number of carbonyl (C=O) groups is 5. The summed E-state index contributed by atoms with van der Waals surface area (Å²) in [5.74, 6) is -0.921. The van der Waals surface area contributed by atoms with Gasteiger partial charge in [-0.15, -0.1) is 0 Å². The molecule has 49 heteroatoms. The third kappa shape index (κ3) is 52.7. The van der Waals surface area contributed by atoms with Gasteiger partial charge in [-0.3, -0.25) is 19.8 Å². The maximum absolute atomic E-state index is 11.7. The fraction of sp³-hybridized carbons (Fsp3) is 0.622. The Morgan fingerprint density at radius 2 is 0.943 bits per heavy atom. The number of nitrogen functional groups attached to an aromatic ring is 4. The third-order valence-electron chi connectivity index (χ3n) is 17.3. The van der Waals surface area contributed by atoms with E-state index in [2.05, 4.69) is 191 Å². The highest BCUT2D eigenvalue weighted by Crippen LogP contribution is 2.61. The average Bonchev–Trinajstić information content (AvgIpc) is 1.63. The monoisotopic (exact) mass is 1920 g/mol. The highest BCUT2D eigenvalue weighted by Gasteiger charge is 2.50. The number of nitrogens with one attached hydrogen (secondary N) is 3. The van der Waals surface area contributed by atoms with E-state index in [-0.39, 0.29) is 90.7 Å². The van der Waals surface area contributed by atoms with Crippen LogP contribution in [0.2, 0.25) is 51.7 Å². The molecule has 0 amide bonds. The lowest BCUT2D eigenvalue weighted by molar-refractivity contribution is -0.167. The molecule has 2 atom stereocenters. The second kappa shape index (κ2) is 61.5. The molecule has 1 fully saturated rings. The van der Waals surface area contributed by atoms with Crippen LogP contribution in [-0.2, 0) is 75.1 Å². The summed E-state index contributed by atoms with van der Waals surface area (Å²) in [4.78, 5) is 95.1. The normalized spacial score (nSPS) is 13.1. The van der Waals surface area contributed by atoms with Gasteiger partial charge in [-0.25, -0.2) is 33.9 Å². The Balaban J connectivity index is -0.000000682. The maximum atomic E-state index is 11.7. The van der Waals surface area contributed by atoms with Crippen molar-refractivity contribution in [1.82, 2.24) is 39.9 Å². The van der Waals surface area contributed by atoms with Crippen LogP contribution in [0.15, 0.2) is 29.0 Å². The van der Waals surface area contributed by atoms with Crippen molar-refractivity contribution in [2.75, 3.05) is 111 Å². The van der Waals surface area contributed by atoms with Crippen LogP contribution < -0.4 is 70.0 Å². The number of hydrogen-bond acceptors (Lipinski definition) is 36. The van der Waals surface area contributed by atoms with Gasteiger partial charge in [0.05, 0.1) is 73.7 Å². The van der Waals surface area contributed by atoms with Crippen molar-refractivity contribution >= 4 is 175 Å². The number of unbranched alkanes of at least 4 members (excludes halogenated alkanes) is 2. The van der Waals surface area contributed by atoms with Gasteiger partial charge in [-0.05, 0) is 162 Å². The summed E-state index contributed by atoms with van der Waals surface area (Å²) in [5.41, 5.74) is 36.1. The maximum Gasteiger partial charge on any atom is 0.487 e. The van der Waals surface area contributed by atoms with Crippen LogP contribution in [0.5, 0.6) is 28.9 Å². The van der Waals surface area contributed by atoms with Crippen LogP contribution in [0.25, 0.3) is 12.2 Å². The van der Waals surface area contributed by atoms with Gasteiger partial charge in [-0.1, -0.05) is 116 Å². The van der Waals surface area contributed by atoms with E-state index < -0.39 is 70.4 Å². The second-order valence-corrected chi connectivity index (χ2v) is 46.6. The van der Waals surface area contributed by atoms with E-state index in [1.807, 2.05) is 27.7 Å². The molecule has 1 aliphatic rings. The number of carbonyl (C=O) groups excluding carboxylic acids is 5. The van der Waals surface area contributed by atoms with Crippen molar-refractivity contribution in [2.45, 2.75) is 221 Å². The van der Waals surface area contributed by atoms with Gasteiger partial charge in [-0.2, -0.15) is 24.9 Å². The van der Waals surface area contributed by atoms with Crippen LogP contribution in [0.3, 0.4) is 0 Å². The highest BCUT2D eigenvalue weighted by atomic mass is 36.0. The van der Waals surface area contributed by atoms with E-state index in [0.717, 1.165) is 59.4 Å². The van der Waals surface area contributed by atoms with Crippen molar-refractivity contribution in [1.29, 1.82) is 5.41 Å². The molecule has 0 aliphatic carbocycles. The number of aromatic hydroxyl groups is 1. The molecule has 702 valence electrons. The number of hydrogen-bond donors (Lipinski definition) is 11. The van der Waals surface area contributed by atoms with Crippen LogP contribution in [0.1, 0.15) is 167 Å². The van der Waals surface area contributed by atoms with Gasteiger partial charge in [0.1, 0.15) is 11.4 Å². The number of aromatic nitrogens is 8. The fourth-order valence-corrected chi connectivity index (χ4v) is 11.2. The number of anilines is 5. The molecule has 0 unspecified atom stereocenters. The quantitative estimate of drug-likeness (QED) is 0.00249. The van der Waals surface area contributed by atoms with E-state index >= 15 is 0 Å². The van der Waals surface area contributed by atoms with Crippen molar-refractivity contribution in [2.24, 2.45) is 17.2 Å². The number of H-pyrrole nitrogens is 1.